The summed E-state index contributed by atoms with van der Waals surface area (Å²) in [6.45, 7) is 7.50. The van der Waals surface area contributed by atoms with Crippen LogP contribution < -0.4 is 4.90 Å². The van der Waals surface area contributed by atoms with Crippen molar-refractivity contribution < 1.29 is 13.2 Å². The van der Waals surface area contributed by atoms with Gasteiger partial charge in [-0.1, -0.05) is 32.9 Å². The molecule has 8 heteroatoms. The van der Waals surface area contributed by atoms with Crippen molar-refractivity contribution in [2.75, 3.05) is 18.0 Å². The summed E-state index contributed by atoms with van der Waals surface area (Å²) in [5, 5.41) is 0. The molecule has 2 aromatic heterocycles. The van der Waals surface area contributed by atoms with Crippen LogP contribution in [0.15, 0.2) is 36.7 Å². The monoisotopic (exact) mass is 375 g/mol. The molecule has 0 amide bonds. The molecule has 0 N–H and O–H groups in total. The number of fused-ring (bicyclic) bond motifs is 1. The molecule has 0 unspecified atom stereocenters. The average molecular weight is 375 g/mol. The van der Waals surface area contributed by atoms with Gasteiger partial charge >= 0.3 is 6.18 Å². The molecule has 3 heterocycles. The fourth-order valence-corrected chi connectivity index (χ4v) is 3.42. The Kier molecular flexibility index (Phi) is 3.90. The van der Waals surface area contributed by atoms with Gasteiger partial charge in [-0.2, -0.15) is 13.2 Å². The second kappa shape index (κ2) is 5.94. The van der Waals surface area contributed by atoms with Crippen LogP contribution in [0.25, 0.3) is 11.0 Å². The quantitative estimate of drug-likeness (QED) is 0.673. The molecular weight excluding hydrogens is 355 g/mol. The minimum absolute atomic E-state index is 0.135. The van der Waals surface area contributed by atoms with Gasteiger partial charge in [0, 0.05) is 24.6 Å². The first-order valence-electron chi connectivity index (χ1n) is 8.76. The molecular formula is C19H20F3N5. The van der Waals surface area contributed by atoms with Crippen LogP contribution in [0.4, 0.5) is 19.0 Å². The van der Waals surface area contributed by atoms with E-state index < -0.39 is 11.9 Å². The number of para-hydroxylation sites is 2. The standard InChI is InChI=1S/C19H20F3N5/c1-18(2,3)17-25-13-6-4-5-7-14(13)27(17)12-9-26(10-12)16-8-15(19(20,21)22)23-11-24-16/h4-8,11-12H,9-10H2,1-3H3. The maximum atomic E-state index is 12.9. The van der Waals surface area contributed by atoms with E-state index in [1.165, 1.54) is 0 Å². The first-order valence-corrected chi connectivity index (χ1v) is 8.76. The lowest BCUT2D eigenvalue weighted by Gasteiger charge is -2.42. The number of aromatic nitrogens is 4. The second-order valence-corrected chi connectivity index (χ2v) is 7.86. The van der Waals surface area contributed by atoms with Gasteiger partial charge in [0.25, 0.3) is 0 Å². The fourth-order valence-electron chi connectivity index (χ4n) is 3.42. The van der Waals surface area contributed by atoms with Crippen LogP contribution in [-0.4, -0.2) is 32.6 Å². The summed E-state index contributed by atoms with van der Waals surface area (Å²) in [4.78, 5) is 14.0. The van der Waals surface area contributed by atoms with Crippen LogP contribution in [0.1, 0.15) is 38.3 Å². The predicted molar refractivity (Wildman–Crippen MR) is 96.7 cm³/mol. The number of halogens is 3. The summed E-state index contributed by atoms with van der Waals surface area (Å²) >= 11 is 0. The minimum atomic E-state index is -4.47. The molecule has 0 radical (unpaired) electrons. The number of alkyl halides is 3. The summed E-state index contributed by atoms with van der Waals surface area (Å²) in [7, 11) is 0. The third-order valence-corrected chi connectivity index (χ3v) is 4.76. The van der Waals surface area contributed by atoms with Crippen molar-refractivity contribution >= 4 is 16.9 Å². The van der Waals surface area contributed by atoms with Gasteiger partial charge in [0.2, 0.25) is 0 Å². The van der Waals surface area contributed by atoms with Crippen molar-refractivity contribution in [3.63, 3.8) is 0 Å². The topological polar surface area (TPSA) is 46.8 Å². The lowest BCUT2D eigenvalue weighted by Crippen LogP contribution is -2.49. The Morgan fingerprint density at radius 1 is 1.04 bits per heavy atom. The van der Waals surface area contributed by atoms with Gasteiger partial charge in [0.1, 0.15) is 23.7 Å². The highest BCUT2D eigenvalue weighted by atomic mass is 19.4. The molecule has 0 spiro atoms. The van der Waals surface area contributed by atoms with Crippen molar-refractivity contribution in [1.29, 1.82) is 0 Å². The van der Waals surface area contributed by atoms with Gasteiger partial charge in [-0.15, -0.1) is 0 Å². The molecule has 1 aliphatic heterocycles. The van der Waals surface area contributed by atoms with E-state index in [1.807, 2.05) is 29.2 Å². The highest BCUT2D eigenvalue weighted by molar-refractivity contribution is 5.76. The number of imidazole rings is 1. The average Bonchev–Trinajstić information content (AvgIpc) is 2.93. The van der Waals surface area contributed by atoms with Crippen molar-refractivity contribution in [3.8, 4) is 0 Å². The molecule has 4 rings (SSSR count). The number of hydrogen-bond acceptors (Lipinski definition) is 4. The van der Waals surface area contributed by atoms with E-state index in [-0.39, 0.29) is 11.5 Å². The van der Waals surface area contributed by atoms with Crippen molar-refractivity contribution in [3.05, 3.63) is 48.2 Å². The van der Waals surface area contributed by atoms with Crippen molar-refractivity contribution in [1.82, 2.24) is 19.5 Å². The minimum Gasteiger partial charge on any atom is -0.352 e. The summed E-state index contributed by atoms with van der Waals surface area (Å²) in [5.74, 6) is 1.28. The van der Waals surface area contributed by atoms with Crippen molar-refractivity contribution in [2.45, 2.75) is 38.4 Å². The number of nitrogens with zero attached hydrogens (tertiary/aromatic N) is 5. The molecule has 142 valence electrons. The van der Waals surface area contributed by atoms with E-state index in [9.17, 15) is 13.2 Å². The van der Waals surface area contributed by atoms with Crippen LogP contribution in [0.3, 0.4) is 0 Å². The predicted octanol–water partition coefficient (Wildman–Crippen LogP) is 4.20. The number of hydrogen-bond donors (Lipinski definition) is 0. The molecule has 3 aromatic rings. The lowest BCUT2D eigenvalue weighted by atomic mass is 9.94. The van der Waals surface area contributed by atoms with Gasteiger partial charge in [-0.3, -0.25) is 0 Å². The number of benzene rings is 1. The third-order valence-electron chi connectivity index (χ3n) is 4.76. The van der Waals surface area contributed by atoms with Gasteiger partial charge < -0.3 is 9.47 Å². The summed E-state index contributed by atoms with van der Waals surface area (Å²) in [6.07, 6.45) is -3.50. The summed E-state index contributed by atoms with van der Waals surface area (Å²) in [5.41, 5.74) is 0.921. The fraction of sp³-hybridized carbons (Fsp3) is 0.421. The van der Waals surface area contributed by atoms with E-state index in [0.717, 1.165) is 29.3 Å². The number of rotatable bonds is 2. The summed E-state index contributed by atoms with van der Waals surface area (Å²) in [6, 6.07) is 9.09. The van der Waals surface area contributed by atoms with E-state index in [2.05, 4.69) is 35.3 Å². The molecule has 1 aliphatic rings. The molecule has 0 bridgehead atoms. The zero-order chi connectivity index (χ0) is 19.4. The van der Waals surface area contributed by atoms with E-state index in [1.54, 1.807) is 0 Å². The van der Waals surface area contributed by atoms with E-state index >= 15 is 0 Å². The highest BCUT2D eigenvalue weighted by Crippen LogP contribution is 2.36. The van der Waals surface area contributed by atoms with E-state index in [4.69, 9.17) is 4.98 Å². The van der Waals surface area contributed by atoms with Gasteiger partial charge in [0.15, 0.2) is 0 Å². The normalized spacial score (nSPS) is 16.0. The lowest BCUT2D eigenvalue weighted by molar-refractivity contribution is -0.141. The molecule has 0 aliphatic carbocycles. The Hall–Kier alpha value is -2.64. The Bertz CT molecular complexity index is 981. The molecule has 1 aromatic carbocycles. The summed E-state index contributed by atoms with van der Waals surface area (Å²) < 4.78 is 40.9. The maximum absolute atomic E-state index is 12.9. The Morgan fingerprint density at radius 3 is 2.41 bits per heavy atom. The molecule has 1 fully saturated rings. The van der Waals surface area contributed by atoms with Crippen LogP contribution >= 0.6 is 0 Å². The molecule has 0 atom stereocenters. The van der Waals surface area contributed by atoms with Crippen LogP contribution in [0, 0.1) is 0 Å². The van der Waals surface area contributed by atoms with Crippen molar-refractivity contribution in [2.24, 2.45) is 0 Å². The van der Waals surface area contributed by atoms with Gasteiger partial charge in [-0.25, -0.2) is 15.0 Å². The highest BCUT2D eigenvalue weighted by Gasteiger charge is 2.37. The molecule has 27 heavy (non-hydrogen) atoms. The second-order valence-electron chi connectivity index (χ2n) is 7.86. The Morgan fingerprint density at radius 2 is 1.74 bits per heavy atom. The van der Waals surface area contributed by atoms with Crippen LogP contribution in [0.2, 0.25) is 0 Å². The largest absolute Gasteiger partial charge is 0.433 e. The van der Waals surface area contributed by atoms with Gasteiger partial charge in [0.05, 0.1) is 17.1 Å². The Balaban J connectivity index is 1.64. The maximum Gasteiger partial charge on any atom is 0.433 e. The number of anilines is 1. The molecule has 1 saturated heterocycles. The van der Waals surface area contributed by atoms with E-state index in [0.29, 0.717) is 18.9 Å². The zero-order valence-electron chi connectivity index (χ0n) is 15.3. The molecule has 0 saturated carbocycles. The smallest absolute Gasteiger partial charge is 0.352 e. The zero-order valence-corrected chi connectivity index (χ0v) is 15.3. The Labute approximate surface area is 154 Å². The SMILES string of the molecule is CC(C)(C)c1nc2ccccc2n1C1CN(c2cc(C(F)(F)F)ncn2)C1. The van der Waals surface area contributed by atoms with Gasteiger partial charge in [-0.05, 0) is 12.1 Å². The van der Waals surface area contributed by atoms with Crippen LogP contribution in [0.5, 0.6) is 0 Å². The molecule has 5 nitrogen and oxygen atoms in total. The first-order chi connectivity index (χ1) is 12.6. The first kappa shape index (κ1) is 17.8. The van der Waals surface area contributed by atoms with Crippen LogP contribution in [-0.2, 0) is 11.6 Å². The third kappa shape index (κ3) is 3.13.